The van der Waals surface area contributed by atoms with Crippen molar-refractivity contribution in [1.82, 2.24) is 9.88 Å². The van der Waals surface area contributed by atoms with Gasteiger partial charge in [-0.1, -0.05) is 30.3 Å². The number of amides is 3. The third-order valence-corrected chi connectivity index (χ3v) is 5.56. The lowest BCUT2D eigenvalue weighted by molar-refractivity contribution is -0.117. The SMILES string of the molecule is O=C(CN1C(=O)c2ccccc2N2C(=O)c3ccccc3[C@@H]12)Nc1nccs1. The highest BCUT2D eigenvalue weighted by Gasteiger charge is 2.48. The fourth-order valence-corrected chi connectivity index (χ4v) is 4.28. The number of thiazole rings is 1. The first kappa shape index (κ1) is 16.6. The molecule has 3 aromatic rings. The monoisotopic (exact) mass is 390 g/mol. The Kier molecular flexibility index (Phi) is 3.73. The maximum absolute atomic E-state index is 13.2. The standard InChI is InChI=1S/C20H14N4O3S/c25-16(22-20-21-9-10-28-20)11-23-17-12-5-1-2-6-13(12)19(27)24(17)15-8-4-3-7-14(15)18(23)26/h1-10,17H,11H2,(H,21,22,25)/t17-/m0/s1. The molecule has 0 bridgehead atoms. The molecule has 2 aliphatic rings. The van der Waals surface area contributed by atoms with Gasteiger partial charge in [0, 0.05) is 22.7 Å². The van der Waals surface area contributed by atoms with Gasteiger partial charge in [-0.25, -0.2) is 4.98 Å². The number of carbonyl (C=O) groups is 3. The van der Waals surface area contributed by atoms with E-state index in [1.54, 1.807) is 52.9 Å². The van der Waals surface area contributed by atoms with E-state index in [4.69, 9.17) is 0 Å². The van der Waals surface area contributed by atoms with Gasteiger partial charge in [0.1, 0.15) is 12.7 Å². The van der Waals surface area contributed by atoms with Gasteiger partial charge >= 0.3 is 0 Å². The summed E-state index contributed by atoms with van der Waals surface area (Å²) in [5.41, 5.74) is 2.23. The van der Waals surface area contributed by atoms with Crippen LogP contribution in [-0.4, -0.2) is 34.2 Å². The van der Waals surface area contributed by atoms with Crippen molar-refractivity contribution in [2.24, 2.45) is 0 Å². The van der Waals surface area contributed by atoms with Crippen LogP contribution >= 0.6 is 11.3 Å². The van der Waals surface area contributed by atoms with Gasteiger partial charge in [0.25, 0.3) is 11.8 Å². The van der Waals surface area contributed by atoms with Crippen molar-refractivity contribution >= 4 is 39.9 Å². The van der Waals surface area contributed by atoms with E-state index in [0.29, 0.717) is 21.9 Å². The topological polar surface area (TPSA) is 82.6 Å². The number of benzene rings is 2. The lowest BCUT2D eigenvalue weighted by Gasteiger charge is -2.40. The summed E-state index contributed by atoms with van der Waals surface area (Å²) in [6, 6.07) is 14.2. The minimum absolute atomic E-state index is 0.175. The van der Waals surface area contributed by atoms with Crippen molar-refractivity contribution in [3.05, 3.63) is 76.8 Å². The summed E-state index contributed by atoms with van der Waals surface area (Å²) in [4.78, 5) is 45.9. The Balaban J connectivity index is 1.57. The molecule has 2 aliphatic heterocycles. The molecule has 0 unspecified atom stereocenters. The number of nitrogens with zero attached hydrogens (tertiary/aromatic N) is 3. The largest absolute Gasteiger partial charge is 0.304 e. The van der Waals surface area contributed by atoms with Crippen LogP contribution in [0.4, 0.5) is 10.8 Å². The molecule has 3 amide bonds. The van der Waals surface area contributed by atoms with Gasteiger partial charge in [-0.05, 0) is 18.2 Å². The molecule has 28 heavy (non-hydrogen) atoms. The number of fused-ring (bicyclic) bond motifs is 5. The Morgan fingerprint density at radius 1 is 1.04 bits per heavy atom. The summed E-state index contributed by atoms with van der Waals surface area (Å²) in [5, 5.41) is 4.92. The van der Waals surface area contributed by atoms with Crippen LogP contribution in [0.2, 0.25) is 0 Å². The molecule has 5 rings (SSSR count). The highest BCUT2D eigenvalue weighted by Crippen LogP contribution is 2.44. The lowest BCUT2D eigenvalue weighted by atomic mass is 10.0. The number of hydrogen-bond donors (Lipinski definition) is 1. The molecule has 7 nitrogen and oxygen atoms in total. The van der Waals surface area contributed by atoms with Crippen LogP contribution in [0.25, 0.3) is 0 Å². The summed E-state index contributed by atoms with van der Waals surface area (Å²) in [6.45, 7) is -0.185. The third kappa shape index (κ3) is 2.42. The van der Waals surface area contributed by atoms with E-state index in [0.717, 1.165) is 5.56 Å². The number of carbonyl (C=O) groups excluding carboxylic acids is 3. The second-order valence-corrected chi connectivity index (χ2v) is 7.37. The van der Waals surface area contributed by atoms with Gasteiger partial charge in [0.05, 0.1) is 11.3 Å². The first-order valence-electron chi connectivity index (χ1n) is 8.67. The smallest absolute Gasteiger partial charge is 0.260 e. The first-order chi connectivity index (χ1) is 13.6. The van der Waals surface area contributed by atoms with E-state index in [2.05, 4.69) is 10.3 Å². The zero-order chi connectivity index (χ0) is 19.3. The average Bonchev–Trinajstić information content (AvgIpc) is 3.32. The third-order valence-electron chi connectivity index (χ3n) is 4.88. The quantitative estimate of drug-likeness (QED) is 0.745. The molecular formula is C20H14N4O3S. The number of hydrogen-bond acceptors (Lipinski definition) is 5. The molecule has 138 valence electrons. The maximum Gasteiger partial charge on any atom is 0.260 e. The molecule has 0 aliphatic carbocycles. The van der Waals surface area contributed by atoms with Crippen LogP contribution in [-0.2, 0) is 4.79 Å². The number of anilines is 2. The summed E-state index contributed by atoms with van der Waals surface area (Å²) in [5.74, 6) is -0.819. The maximum atomic E-state index is 13.2. The minimum Gasteiger partial charge on any atom is -0.304 e. The summed E-state index contributed by atoms with van der Waals surface area (Å²) >= 11 is 1.30. The van der Waals surface area contributed by atoms with Crippen molar-refractivity contribution in [2.45, 2.75) is 6.17 Å². The number of para-hydroxylation sites is 1. The molecule has 3 heterocycles. The van der Waals surface area contributed by atoms with E-state index in [-0.39, 0.29) is 24.3 Å². The average molecular weight is 390 g/mol. The molecular weight excluding hydrogens is 376 g/mol. The Bertz CT molecular complexity index is 1110. The van der Waals surface area contributed by atoms with Gasteiger partial charge in [-0.2, -0.15) is 0 Å². The number of nitrogens with one attached hydrogen (secondary N) is 1. The molecule has 0 radical (unpaired) electrons. The highest BCUT2D eigenvalue weighted by molar-refractivity contribution is 7.13. The summed E-state index contributed by atoms with van der Waals surface area (Å²) in [6.07, 6.45) is 0.948. The van der Waals surface area contributed by atoms with Crippen LogP contribution in [0.3, 0.4) is 0 Å². The van der Waals surface area contributed by atoms with E-state index >= 15 is 0 Å². The first-order valence-corrected chi connectivity index (χ1v) is 9.55. The van der Waals surface area contributed by atoms with Crippen LogP contribution < -0.4 is 10.2 Å². The van der Waals surface area contributed by atoms with Crippen molar-refractivity contribution in [3.8, 4) is 0 Å². The predicted molar refractivity (Wildman–Crippen MR) is 104 cm³/mol. The van der Waals surface area contributed by atoms with Gasteiger partial charge in [0.15, 0.2) is 5.13 Å². The highest BCUT2D eigenvalue weighted by atomic mass is 32.1. The molecule has 0 spiro atoms. The van der Waals surface area contributed by atoms with Crippen LogP contribution in [0, 0.1) is 0 Å². The van der Waals surface area contributed by atoms with Crippen LogP contribution in [0.1, 0.15) is 32.4 Å². The Morgan fingerprint density at radius 3 is 2.57 bits per heavy atom. The second kappa shape index (κ2) is 6.28. The zero-order valence-corrected chi connectivity index (χ0v) is 15.3. The number of aromatic nitrogens is 1. The molecule has 8 heteroatoms. The van der Waals surface area contributed by atoms with E-state index in [1.165, 1.54) is 16.2 Å². The second-order valence-electron chi connectivity index (χ2n) is 6.47. The zero-order valence-electron chi connectivity index (χ0n) is 14.5. The van der Waals surface area contributed by atoms with Crippen molar-refractivity contribution < 1.29 is 14.4 Å². The molecule has 1 N–H and O–H groups in total. The Hall–Kier alpha value is -3.52. The van der Waals surface area contributed by atoms with E-state index in [1.807, 2.05) is 12.1 Å². The van der Waals surface area contributed by atoms with Crippen molar-refractivity contribution in [3.63, 3.8) is 0 Å². The molecule has 0 saturated carbocycles. The molecule has 1 atom stereocenters. The van der Waals surface area contributed by atoms with Gasteiger partial charge in [0.2, 0.25) is 5.91 Å². The van der Waals surface area contributed by atoms with Crippen molar-refractivity contribution in [2.75, 3.05) is 16.8 Å². The van der Waals surface area contributed by atoms with Crippen molar-refractivity contribution in [1.29, 1.82) is 0 Å². The van der Waals surface area contributed by atoms with Crippen LogP contribution in [0.15, 0.2) is 60.1 Å². The minimum atomic E-state index is -0.645. The van der Waals surface area contributed by atoms with Gasteiger partial charge in [-0.3, -0.25) is 19.3 Å². The lowest BCUT2D eigenvalue weighted by Crippen LogP contribution is -2.50. The summed E-state index contributed by atoms with van der Waals surface area (Å²) in [7, 11) is 0. The van der Waals surface area contributed by atoms with Gasteiger partial charge < -0.3 is 10.2 Å². The molecule has 0 saturated heterocycles. The Labute approximate surface area is 164 Å². The fraction of sp³-hybridized carbons (Fsp3) is 0.100. The molecule has 2 aromatic carbocycles. The summed E-state index contributed by atoms with van der Waals surface area (Å²) < 4.78 is 0. The normalized spacial score (nSPS) is 17.2. The van der Waals surface area contributed by atoms with Gasteiger partial charge in [-0.15, -0.1) is 11.3 Å². The predicted octanol–water partition coefficient (Wildman–Crippen LogP) is 2.90. The molecule has 0 fully saturated rings. The number of rotatable bonds is 3. The van der Waals surface area contributed by atoms with E-state index < -0.39 is 6.17 Å². The fourth-order valence-electron chi connectivity index (χ4n) is 3.73. The molecule has 1 aromatic heterocycles. The van der Waals surface area contributed by atoms with E-state index in [9.17, 15) is 14.4 Å². The van der Waals surface area contributed by atoms with Crippen LogP contribution in [0.5, 0.6) is 0 Å². The Morgan fingerprint density at radius 2 is 1.79 bits per heavy atom.